The molecule has 6 aromatic carbocycles. The molecule has 0 aliphatic rings. The third-order valence-electron chi connectivity index (χ3n) is 14.5. The van der Waals surface area contributed by atoms with E-state index in [4.69, 9.17) is 14.2 Å². The molecule has 0 unspecified atom stereocenters. The summed E-state index contributed by atoms with van der Waals surface area (Å²) in [5.41, 5.74) is 2.93. The molecule has 0 saturated heterocycles. The SMILES string of the molecule is CCCCCCCCCCCCOc1ccc(S(=O)(=O)Nc2cc(C)c([N+](=O)[O-])cc2-c2ccccc2COCc2ccccc2-c2cc([N+](=O)[O-])c(C)cc2NS(=O)(=O)c2ccc(OCCCCCCCCCCCC)cc2)cc1. The molecule has 0 fully saturated rings. The van der Waals surface area contributed by atoms with Crippen LogP contribution < -0.4 is 18.9 Å². The number of rotatable bonds is 38. The fraction of sp³-hybridized carbons (Fsp3) is 0.438. The molecule has 0 bridgehead atoms. The third-order valence-corrected chi connectivity index (χ3v) is 17.2. The Morgan fingerprint density at radius 2 is 0.741 bits per heavy atom. The second-order valence-electron chi connectivity index (χ2n) is 20.9. The minimum atomic E-state index is -4.20. The molecular weight excluding hydrogens is 1060 g/mol. The topological polar surface area (TPSA) is 206 Å². The van der Waals surface area contributed by atoms with Gasteiger partial charge in [0.1, 0.15) is 11.5 Å². The first kappa shape index (κ1) is 63.4. The molecule has 0 heterocycles. The van der Waals surface area contributed by atoms with Crippen molar-refractivity contribution in [2.75, 3.05) is 22.7 Å². The van der Waals surface area contributed by atoms with Crippen molar-refractivity contribution in [1.82, 2.24) is 0 Å². The summed E-state index contributed by atoms with van der Waals surface area (Å²) in [5, 5.41) is 24.6. The number of nitro benzene ring substituents is 2. The second-order valence-corrected chi connectivity index (χ2v) is 24.3. The number of anilines is 2. The van der Waals surface area contributed by atoms with Gasteiger partial charge in [-0.05, 0) is 110 Å². The summed E-state index contributed by atoms with van der Waals surface area (Å²) < 4.78 is 79.7. The lowest BCUT2D eigenvalue weighted by Gasteiger charge is -2.18. The van der Waals surface area contributed by atoms with Gasteiger partial charge in [-0.3, -0.25) is 29.7 Å². The summed E-state index contributed by atoms with van der Waals surface area (Å²) in [6, 6.07) is 31.9. The fourth-order valence-electron chi connectivity index (χ4n) is 9.89. The van der Waals surface area contributed by atoms with Crippen LogP contribution in [-0.4, -0.2) is 39.9 Å². The summed E-state index contributed by atoms with van der Waals surface area (Å²) in [7, 11) is -8.41. The Bertz CT molecular complexity index is 2970. The van der Waals surface area contributed by atoms with E-state index in [1.165, 1.54) is 138 Å². The van der Waals surface area contributed by atoms with Crippen LogP contribution in [0.2, 0.25) is 0 Å². The normalized spacial score (nSPS) is 11.6. The van der Waals surface area contributed by atoms with Crippen molar-refractivity contribution in [1.29, 1.82) is 0 Å². The standard InChI is InChI=1S/C64H82N4O11S2/c1-5-7-9-11-13-15-17-19-21-27-41-78-53-33-37-55(38-34-53)80(73,74)65-61-43-49(3)63(67(69)70)45-59(61)57-31-25-23-29-51(57)47-77-48-52-30-24-26-32-58(52)60-46-64(68(71)72)50(4)44-62(60)66-81(75,76)56-39-35-54(36-40-56)79-42-28-22-20-18-16-14-12-10-8-6-2/h23-26,29-40,43-46,65-66H,5-22,27-28,41-42,47-48H2,1-4H3. The van der Waals surface area contributed by atoms with Crippen LogP contribution in [0.4, 0.5) is 22.7 Å². The number of nitro groups is 2. The quantitative estimate of drug-likeness (QED) is 0.0212. The third kappa shape index (κ3) is 19.7. The van der Waals surface area contributed by atoms with Gasteiger partial charge in [0, 0.05) is 34.4 Å². The summed E-state index contributed by atoms with van der Waals surface area (Å²) in [6.07, 6.45) is 24.1. The molecule has 81 heavy (non-hydrogen) atoms. The largest absolute Gasteiger partial charge is 0.494 e. The maximum absolute atomic E-state index is 14.0. The monoisotopic (exact) mass is 1150 g/mol. The smallest absolute Gasteiger partial charge is 0.273 e. The molecule has 0 aromatic heterocycles. The van der Waals surface area contributed by atoms with E-state index in [2.05, 4.69) is 23.3 Å². The molecule has 6 rings (SSSR count). The van der Waals surface area contributed by atoms with Crippen LogP contribution >= 0.6 is 0 Å². The Balaban J connectivity index is 1.13. The molecule has 0 atom stereocenters. The molecule has 436 valence electrons. The van der Waals surface area contributed by atoms with Crippen LogP contribution in [0.3, 0.4) is 0 Å². The Morgan fingerprint density at radius 3 is 1.07 bits per heavy atom. The highest BCUT2D eigenvalue weighted by Crippen LogP contribution is 2.40. The van der Waals surface area contributed by atoms with Gasteiger partial charge in [0.2, 0.25) is 0 Å². The Labute approximate surface area is 480 Å². The van der Waals surface area contributed by atoms with Crippen molar-refractivity contribution in [3.63, 3.8) is 0 Å². The van der Waals surface area contributed by atoms with E-state index >= 15 is 0 Å². The number of hydrogen-bond acceptors (Lipinski definition) is 11. The van der Waals surface area contributed by atoms with Crippen molar-refractivity contribution in [3.05, 3.63) is 164 Å². The molecule has 0 aliphatic heterocycles. The number of unbranched alkanes of at least 4 members (excludes halogenated alkanes) is 18. The van der Waals surface area contributed by atoms with Crippen LogP contribution in [0.1, 0.15) is 165 Å². The number of nitrogens with zero attached hydrogens (tertiary/aromatic N) is 2. The maximum Gasteiger partial charge on any atom is 0.273 e. The Morgan fingerprint density at radius 1 is 0.420 bits per heavy atom. The molecule has 6 aromatic rings. The highest BCUT2D eigenvalue weighted by Gasteiger charge is 2.25. The average Bonchev–Trinajstić information content (AvgIpc) is 3.56. The van der Waals surface area contributed by atoms with Crippen molar-refractivity contribution in [3.8, 4) is 33.8 Å². The lowest BCUT2D eigenvalue weighted by molar-refractivity contribution is -0.385. The van der Waals surface area contributed by atoms with Gasteiger partial charge in [-0.25, -0.2) is 16.8 Å². The second kappa shape index (κ2) is 32.6. The number of benzene rings is 6. The van der Waals surface area contributed by atoms with Crippen LogP contribution in [-0.2, 0) is 38.0 Å². The first-order valence-corrected chi connectivity index (χ1v) is 31.9. The molecule has 0 spiro atoms. The summed E-state index contributed by atoms with van der Waals surface area (Å²) in [4.78, 5) is 23.6. The van der Waals surface area contributed by atoms with Crippen LogP contribution in [0.25, 0.3) is 22.3 Å². The summed E-state index contributed by atoms with van der Waals surface area (Å²) in [6.45, 7) is 8.48. The Hall–Kier alpha value is -6.82. The van der Waals surface area contributed by atoms with Gasteiger partial charge < -0.3 is 14.2 Å². The number of sulfonamides is 2. The lowest BCUT2D eigenvalue weighted by Crippen LogP contribution is -2.14. The molecule has 0 amide bonds. The first-order chi connectivity index (χ1) is 39.1. The van der Waals surface area contributed by atoms with Gasteiger partial charge in [0.15, 0.2) is 0 Å². The van der Waals surface area contributed by atoms with Crippen LogP contribution in [0.15, 0.2) is 131 Å². The van der Waals surface area contributed by atoms with Gasteiger partial charge in [-0.2, -0.15) is 0 Å². The highest BCUT2D eigenvalue weighted by atomic mass is 32.2. The van der Waals surface area contributed by atoms with Gasteiger partial charge in [-0.1, -0.05) is 178 Å². The lowest BCUT2D eigenvalue weighted by atomic mass is 9.96. The van der Waals surface area contributed by atoms with Crippen molar-refractivity contribution < 1.29 is 40.9 Å². The summed E-state index contributed by atoms with van der Waals surface area (Å²) in [5.74, 6) is 1.10. The highest BCUT2D eigenvalue weighted by molar-refractivity contribution is 7.93. The zero-order chi connectivity index (χ0) is 58.0. The minimum Gasteiger partial charge on any atom is -0.494 e. The maximum atomic E-state index is 14.0. The van der Waals surface area contributed by atoms with E-state index in [9.17, 15) is 37.1 Å². The van der Waals surface area contributed by atoms with Gasteiger partial charge in [0.25, 0.3) is 31.4 Å². The van der Waals surface area contributed by atoms with Crippen LogP contribution in [0, 0.1) is 34.1 Å². The molecule has 0 aliphatic carbocycles. The molecule has 0 saturated carbocycles. The average molecular weight is 1150 g/mol. The van der Waals surface area contributed by atoms with Gasteiger partial charge >= 0.3 is 0 Å². The van der Waals surface area contributed by atoms with E-state index in [1.54, 1.807) is 86.6 Å². The van der Waals surface area contributed by atoms with E-state index < -0.39 is 29.9 Å². The van der Waals surface area contributed by atoms with Crippen molar-refractivity contribution in [2.45, 2.75) is 179 Å². The van der Waals surface area contributed by atoms with Gasteiger partial charge in [0.05, 0.1) is 57.4 Å². The number of aryl methyl sites for hydroxylation is 2. The van der Waals surface area contributed by atoms with Crippen molar-refractivity contribution in [2.24, 2.45) is 0 Å². The molecule has 2 N–H and O–H groups in total. The molecule has 15 nitrogen and oxygen atoms in total. The predicted octanol–water partition coefficient (Wildman–Crippen LogP) is 17.4. The van der Waals surface area contributed by atoms with E-state index in [1.807, 2.05) is 0 Å². The predicted molar refractivity (Wildman–Crippen MR) is 324 cm³/mol. The fourth-order valence-corrected chi connectivity index (χ4v) is 12.0. The minimum absolute atomic E-state index is 0.0186. The van der Waals surface area contributed by atoms with Crippen molar-refractivity contribution >= 4 is 42.8 Å². The van der Waals surface area contributed by atoms with Crippen LogP contribution in [0.5, 0.6) is 11.5 Å². The summed E-state index contributed by atoms with van der Waals surface area (Å²) >= 11 is 0. The number of hydrogen-bond donors (Lipinski definition) is 2. The van der Waals surface area contributed by atoms with E-state index in [0.29, 0.717) is 47.0 Å². The zero-order valence-corrected chi connectivity index (χ0v) is 49.4. The molecule has 17 heteroatoms. The zero-order valence-electron chi connectivity index (χ0n) is 47.7. The van der Waals surface area contributed by atoms with E-state index in [-0.39, 0.29) is 68.0 Å². The van der Waals surface area contributed by atoms with Gasteiger partial charge in [-0.15, -0.1) is 0 Å². The Kier molecular flexibility index (Phi) is 25.5. The number of ether oxygens (including phenoxy) is 3. The first-order valence-electron chi connectivity index (χ1n) is 29.0. The molecule has 0 radical (unpaired) electrons. The molecular formula is C64H82N4O11S2. The number of nitrogens with one attached hydrogen (secondary N) is 2. The van der Waals surface area contributed by atoms with E-state index in [0.717, 1.165) is 38.5 Å².